The summed E-state index contributed by atoms with van der Waals surface area (Å²) in [5.74, 6) is 0.811. The summed E-state index contributed by atoms with van der Waals surface area (Å²) in [7, 11) is 0. The molecule has 2 aliphatic rings. The number of likely N-dealkylation sites (tertiary alicyclic amines) is 1. The molecule has 0 radical (unpaired) electrons. The number of Topliss-reactive ketones (excluding diaryl/α,β-unsaturated/α-hetero) is 1. The first kappa shape index (κ1) is 13.3. The Bertz CT molecular complexity index is 457. The molecule has 104 valence electrons. The number of piperidine rings is 1. The standard InChI is InChI=1S/C15H22N2OS/c1-11-16-12(10-19-11)9-17-8-3-2-6-14(17)13-5-4-7-15(13)18/h10,13-14H,2-9H2,1H3. The number of aromatic nitrogens is 1. The van der Waals surface area contributed by atoms with Gasteiger partial charge in [0.15, 0.2) is 0 Å². The Labute approximate surface area is 119 Å². The molecule has 3 nitrogen and oxygen atoms in total. The second-order valence-corrected chi connectivity index (χ2v) is 6.92. The maximum Gasteiger partial charge on any atom is 0.137 e. The summed E-state index contributed by atoms with van der Waals surface area (Å²) in [5, 5.41) is 3.30. The van der Waals surface area contributed by atoms with Gasteiger partial charge >= 0.3 is 0 Å². The average Bonchev–Trinajstić information content (AvgIpc) is 2.99. The van der Waals surface area contributed by atoms with Gasteiger partial charge in [-0.05, 0) is 39.2 Å². The van der Waals surface area contributed by atoms with Gasteiger partial charge in [-0.2, -0.15) is 0 Å². The Morgan fingerprint density at radius 3 is 2.95 bits per heavy atom. The van der Waals surface area contributed by atoms with Gasteiger partial charge in [-0.15, -0.1) is 11.3 Å². The molecule has 0 N–H and O–H groups in total. The van der Waals surface area contributed by atoms with Crippen LogP contribution in [0.15, 0.2) is 5.38 Å². The Hall–Kier alpha value is -0.740. The second-order valence-electron chi connectivity index (χ2n) is 5.86. The van der Waals surface area contributed by atoms with Gasteiger partial charge < -0.3 is 0 Å². The van der Waals surface area contributed by atoms with Gasteiger partial charge in [-0.1, -0.05) is 6.42 Å². The van der Waals surface area contributed by atoms with Crippen LogP contribution in [0.3, 0.4) is 0 Å². The highest BCUT2D eigenvalue weighted by molar-refractivity contribution is 7.09. The first-order valence-corrected chi connectivity index (χ1v) is 8.30. The van der Waals surface area contributed by atoms with Crippen molar-refractivity contribution in [3.63, 3.8) is 0 Å². The van der Waals surface area contributed by atoms with E-state index in [2.05, 4.69) is 22.2 Å². The number of thiazole rings is 1. The summed E-state index contributed by atoms with van der Waals surface area (Å²) in [5.41, 5.74) is 1.18. The smallest absolute Gasteiger partial charge is 0.137 e. The van der Waals surface area contributed by atoms with E-state index in [-0.39, 0.29) is 0 Å². The molecule has 1 aromatic heterocycles. The normalized spacial score (nSPS) is 29.0. The Morgan fingerprint density at radius 1 is 1.37 bits per heavy atom. The van der Waals surface area contributed by atoms with E-state index < -0.39 is 0 Å². The first-order chi connectivity index (χ1) is 9.24. The van der Waals surface area contributed by atoms with E-state index >= 15 is 0 Å². The number of rotatable bonds is 3. The van der Waals surface area contributed by atoms with Crippen molar-refractivity contribution in [1.82, 2.24) is 9.88 Å². The maximum absolute atomic E-state index is 12.0. The van der Waals surface area contributed by atoms with Crippen molar-refractivity contribution >= 4 is 17.1 Å². The fourth-order valence-electron chi connectivity index (χ4n) is 3.61. The predicted molar refractivity (Wildman–Crippen MR) is 77.2 cm³/mol. The van der Waals surface area contributed by atoms with Crippen molar-refractivity contribution in [1.29, 1.82) is 0 Å². The van der Waals surface area contributed by atoms with Crippen molar-refractivity contribution in [2.75, 3.05) is 6.54 Å². The Morgan fingerprint density at radius 2 is 2.26 bits per heavy atom. The zero-order valence-electron chi connectivity index (χ0n) is 11.6. The molecular weight excluding hydrogens is 256 g/mol. The number of hydrogen-bond acceptors (Lipinski definition) is 4. The minimum absolute atomic E-state index is 0.306. The molecule has 0 aromatic carbocycles. The third-order valence-corrected chi connectivity index (χ3v) is 5.33. The molecule has 1 aromatic rings. The summed E-state index contributed by atoms with van der Waals surface area (Å²) in [6, 6.07) is 0.478. The van der Waals surface area contributed by atoms with E-state index in [0.29, 0.717) is 17.7 Å². The average molecular weight is 278 g/mol. The van der Waals surface area contributed by atoms with E-state index in [1.807, 2.05) is 0 Å². The van der Waals surface area contributed by atoms with Gasteiger partial charge in [-0.3, -0.25) is 9.69 Å². The number of aryl methyl sites for hydroxylation is 1. The van der Waals surface area contributed by atoms with Crippen LogP contribution >= 0.6 is 11.3 Å². The number of nitrogens with zero attached hydrogens (tertiary/aromatic N) is 2. The summed E-state index contributed by atoms with van der Waals surface area (Å²) in [4.78, 5) is 19.1. The second kappa shape index (κ2) is 5.71. The number of hydrogen-bond donors (Lipinski definition) is 0. The third-order valence-electron chi connectivity index (χ3n) is 4.51. The van der Waals surface area contributed by atoms with Crippen LogP contribution in [-0.2, 0) is 11.3 Å². The molecule has 19 heavy (non-hydrogen) atoms. The Kier molecular flexibility index (Phi) is 3.99. The van der Waals surface area contributed by atoms with E-state index in [1.54, 1.807) is 11.3 Å². The van der Waals surface area contributed by atoms with Crippen LogP contribution in [-0.4, -0.2) is 28.3 Å². The molecule has 0 bridgehead atoms. The molecule has 0 amide bonds. The molecule has 4 heteroatoms. The zero-order valence-corrected chi connectivity index (χ0v) is 12.4. The SMILES string of the molecule is Cc1nc(CN2CCCCC2C2CCCC2=O)cs1. The minimum atomic E-state index is 0.306. The summed E-state index contributed by atoms with van der Waals surface area (Å²) < 4.78 is 0. The van der Waals surface area contributed by atoms with Crippen molar-refractivity contribution in [3.8, 4) is 0 Å². The molecule has 2 fully saturated rings. The van der Waals surface area contributed by atoms with Crippen molar-refractivity contribution in [3.05, 3.63) is 16.1 Å². The lowest BCUT2D eigenvalue weighted by molar-refractivity contribution is -0.123. The summed E-state index contributed by atoms with van der Waals surface area (Å²) >= 11 is 1.72. The van der Waals surface area contributed by atoms with E-state index in [1.165, 1.54) is 25.0 Å². The lowest BCUT2D eigenvalue weighted by atomic mass is 9.88. The van der Waals surface area contributed by atoms with Crippen LogP contribution in [0.1, 0.15) is 49.2 Å². The van der Waals surface area contributed by atoms with Gasteiger partial charge in [0.1, 0.15) is 5.78 Å². The highest BCUT2D eigenvalue weighted by atomic mass is 32.1. The summed E-state index contributed by atoms with van der Waals surface area (Å²) in [6.07, 6.45) is 6.76. The molecule has 0 spiro atoms. The lowest BCUT2D eigenvalue weighted by Crippen LogP contribution is -2.44. The number of ketones is 1. The van der Waals surface area contributed by atoms with E-state index in [9.17, 15) is 4.79 Å². The van der Waals surface area contributed by atoms with Crippen LogP contribution in [0.5, 0.6) is 0 Å². The molecule has 1 saturated heterocycles. The Balaban J connectivity index is 1.71. The molecular formula is C15H22N2OS. The third kappa shape index (κ3) is 2.90. The predicted octanol–water partition coefficient (Wildman–Crippen LogP) is 3.18. The topological polar surface area (TPSA) is 33.2 Å². The zero-order chi connectivity index (χ0) is 13.2. The van der Waals surface area contributed by atoms with Crippen molar-refractivity contribution < 1.29 is 4.79 Å². The monoisotopic (exact) mass is 278 g/mol. The molecule has 2 heterocycles. The molecule has 2 atom stereocenters. The van der Waals surface area contributed by atoms with Crippen LogP contribution in [0, 0.1) is 12.8 Å². The molecule has 1 saturated carbocycles. The first-order valence-electron chi connectivity index (χ1n) is 7.42. The fourth-order valence-corrected chi connectivity index (χ4v) is 4.21. The minimum Gasteiger partial charge on any atom is -0.299 e. The van der Waals surface area contributed by atoms with Crippen LogP contribution in [0.2, 0.25) is 0 Å². The van der Waals surface area contributed by atoms with Gasteiger partial charge in [0.05, 0.1) is 10.7 Å². The largest absolute Gasteiger partial charge is 0.299 e. The van der Waals surface area contributed by atoms with Crippen LogP contribution in [0.25, 0.3) is 0 Å². The van der Waals surface area contributed by atoms with E-state index in [0.717, 1.165) is 37.4 Å². The van der Waals surface area contributed by atoms with Gasteiger partial charge in [-0.25, -0.2) is 4.98 Å². The molecule has 2 unspecified atom stereocenters. The fraction of sp³-hybridized carbons (Fsp3) is 0.733. The highest BCUT2D eigenvalue weighted by Gasteiger charge is 2.36. The van der Waals surface area contributed by atoms with Crippen molar-refractivity contribution in [2.24, 2.45) is 5.92 Å². The number of carbonyl (C=O) groups excluding carboxylic acids is 1. The van der Waals surface area contributed by atoms with Crippen LogP contribution < -0.4 is 0 Å². The highest BCUT2D eigenvalue weighted by Crippen LogP contribution is 2.33. The van der Waals surface area contributed by atoms with Crippen LogP contribution in [0.4, 0.5) is 0 Å². The quantitative estimate of drug-likeness (QED) is 0.851. The molecule has 1 aliphatic heterocycles. The molecule has 3 rings (SSSR count). The summed E-state index contributed by atoms with van der Waals surface area (Å²) in [6.45, 7) is 4.12. The van der Waals surface area contributed by atoms with Crippen molar-refractivity contribution in [2.45, 2.75) is 58.0 Å². The number of carbonyl (C=O) groups is 1. The molecule has 1 aliphatic carbocycles. The van der Waals surface area contributed by atoms with Gasteiger partial charge in [0.2, 0.25) is 0 Å². The maximum atomic E-state index is 12.0. The lowest BCUT2D eigenvalue weighted by Gasteiger charge is -2.38. The van der Waals surface area contributed by atoms with Gasteiger partial charge in [0.25, 0.3) is 0 Å². The van der Waals surface area contributed by atoms with Gasteiger partial charge in [0, 0.05) is 30.3 Å². The van der Waals surface area contributed by atoms with E-state index in [4.69, 9.17) is 0 Å².